The van der Waals surface area contributed by atoms with Crippen LogP contribution in [0.2, 0.25) is 0 Å². The summed E-state index contributed by atoms with van der Waals surface area (Å²) >= 11 is 0. The van der Waals surface area contributed by atoms with E-state index in [1.54, 1.807) is 6.08 Å². The van der Waals surface area contributed by atoms with Crippen LogP contribution < -0.4 is 0 Å². The molecule has 0 spiro atoms. The van der Waals surface area contributed by atoms with E-state index in [0.717, 1.165) is 25.9 Å². The van der Waals surface area contributed by atoms with Crippen LogP contribution in [-0.2, 0) is 0 Å². The maximum Gasteiger partial charge on any atom is 0.0911 e. The minimum absolute atomic E-state index is 0.365. The average molecular weight is 282 g/mol. The molecule has 1 saturated heterocycles. The standard InChI is InChI=1S/C19H26N2/c1-19(2,3)11-14-21-13-10-16(9-12-20)15-18(21)17-7-5-4-6-8-17/h4-9,18H,10-11,13-15H2,1-3H3/b16-9+. The highest BCUT2D eigenvalue weighted by Crippen LogP contribution is 2.34. The quantitative estimate of drug-likeness (QED) is 0.751. The maximum absolute atomic E-state index is 8.91. The van der Waals surface area contributed by atoms with E-state index in [4.69, 9.17) is 5.26 Å². The molecule has 0 aliphatic carbocycles. The zero-order valence-corrected chi connectivity index (χ0v) is 13.5. The van der Waals surface area contributed by atoms with Crippen LogP contribution in [0.25, 0.3) is 0 Å². The topological polar surface area (TPSA) is 27.0 Å². The Kier molecular flexibility index (Phi) is 5.20. The Bertz CT molecular complexity index is 517. The predicted molar refractivity (Wildman–Crippen MR) is 87.8 cm³/mol. The third kappa shape index (κ3) is 4.72. The molecule has 2 nitrogen and oxygen atoms in total. The highest BCUT2D eigenvalue weighted by molar-refractivity contribution is 5.25. The molecule has 0 amide bonds. The van der Waals surface area contributed by atoms with Gasteiger partial charge in [0.15, 0.2) is 0 Å². The highest BCUT2D eigenvalue weighted by atomic mass is 15.2. The van der Waals surface area contributed by atoms with Crippen molar-refractivity contribution in [2.75, 3.05) is 13.1 Å². The summed E-state index contributed by atoms with van der Waals surface area (Å²) in [5.41, 5.74) is 3.03. The van der Waals surface area contributed by atoms with Gasteiger partial charge in [0.05, 0.1) is 6.07 Å². The van der Waals surface area contributed by atoms with Gasteiger partial charge in [0.2, 0.25) is 0 Å². The third-order valence-electron chi connectivity index (χ3n) is 4.22. The van der Waals surface area contributed by atoms with Crippen molar-refractivity contribution in [1.29, 1.82) is 5.26 Å². The van der Waals surface area contributed by atoms with Gasteiger partial charge in [0.1, 0.15) is 0 Å². The number of likely N-dealkylation sites (tertiary alicyclic amines) is 1. The number of allylic oxidation sites excluding steroid dienone is 1. The van der Waals surface area contributed by atoms with E-state index in [-0.39, 0.29) is 0 Å². The van der Waals surface area contributed by atoms with Gasteiger partial charge >= 0.3 is 0 Å². The molecule has 0 radical (unpaired) electrons. The summed E-state index contributed by atoms with van der Waals surface area (Å²) in [5, 5.41) is 8.91. The fourth-order valence-electron chi connectivity index (χ4n) is 2.90. The minimum Gasteiger partial charge on any atom is -0.296 e. The molecular weight excluding hydrogens is 256 g/mol. The Balaban J connectivity index is 2.15. The molecule has 1 heterocycles. The molecule has 0 N–H and O–H groups in total. The second-order valence-electron chi connectivity index (χ2n) is 7.16. The molecule has 1 aliphatic heterocycles. The number of nitrogens with zero attached hydrogens (tertiary/aromatic N) is 2. The lowest BCUT2D eigenvalue weighted by atomic mass is 9.88. The Morgan fingerprint density at radius 1 is 1.29 bits per heavy atom. The van der Waals surface area contributed by atoms with Crippen molar-refractivity contribution in [3.05, 3.63) is 47.5 Å². The Morgan fingerprint density at radius 2 is 2.00 bits per heavy atom. The van der Waals surface area contributed by atoms with Crippen LogP contribution in [0.4, 0.5) is 0 Å². The first-order valence-corrected chi connectivity index (χ1v) is 7.86. The van der Waals surface area contributed by atoms with Crippen LogP contribution >= 0.6 is 0 Å². The first kappa shape index (κ1) is 15.8. The number of rotatable bonds is 3. The van der Waals surface area contributed by atoms with Crippen LogP contribution in [0.1, 0.15) is 51.6 Å². The van der Waals surface area contributed by atoms with Gasteiger partial charge in [0.25, 0.3) is 0 Å². The lowest BCUT2D eigenvalue weighted by Crippen LogP contribution is -2.36. The molecular formula is C19H26N2. The summed E-state index contributed by atoms with van der Waals surface area (Å²) in [4.78, 5) is 2.59. The molecule has 1 aromatic carbocycles. The van der Waals surface area contributed by atoms with Crippen molar-refractivity contribution in [3.8, 4) is 6.07 Å². The highest BCUT2D eigenvalue weighted by Gasteiger charge is 2.27. The molecule has 1 fully saturated rings. The first-order valence-electron chi connectivity index (χ1n) is 7.86. The monoisotopic (exact) mass is 282 g/mol. The van der Waals surface area contributed by atoms with E-state index in [2.05, 4.69) is 62.1 Å². The summed E-state index contributed by atoms with van der Waals surface area (Å²) in [6.07, 6.45) is 4.97. The Labute approximate surface area is 129 Å². The van der Waals surface area contributed by atoms with Crippen molar-refractivity contribution < 1.29 is 0 Å². The van der Waals surface area contributed by atoms with Gasteiger partial charge in [-0.05, 0) is 36.8 Å². The normalized spacial score (nSPS) is 22.2. The van der Waals surface area contributed by atoms with Crippen LogP contribution in [0.15, 0.2) is 42.0 Å². The predicted octanol–water partition coefficient (Wildman–Crippen LogP) is 4.71. The van der Waals surface area contributed by atoms with Crippen LogP contribution in [0, 0.1) is 16.7 Å². The summed E-state index contributed by atoms with van der Waals surface area (Å²) in [6, 6.07) is 13.3. The molecule has 2 heteroatoms. The number of nitriles is 1. The van der Waals surface area contributed by atoms with E-state index in [0.29, 0.717) is 11.5 Å². The summed E-state index contributed by atoms with van der Waals surface area (Å²) in [5.74, 6) is 0. The van der Waals surface area contributed by atoms with E-state index >= 15 is 0 Å². The minimum atomic E-state index is 0.365. The molecule has 0 bridgehead atoms. The number of benzene rings is 1. The zero-order valence-electron chi connectivity index (χ0n) is 13.5. The van der Waals surface area contributed by atoms with Crippen molar-refractivity contribution >= 4 is 0 Å². The second-order valence-corrected chi connectivity index (χ2v) is 7.16. The molecule has 2 rings (SSSR count). The van der Waals surface area contributed by atoms with Crippen LogP contribution in [-0.4, -0.2) is 18.0 Å². The van der Waals surface area contributed by atoms with E-state index in [9.17, 15) is 0 Å². The number of piperidine rings is 1. The maximum atomic E-state index is 8.91. The number of hydrogen-bond acceptors (Lipinski definition) is 2. The molecule has 0 saturated carbocycles. The van der Waals surface area contributed by atoms with Gasteiger partial charge in [-0.25, -0.2) is 0 Å². The van der Waals surface area contributed by atoms with E-state index in [1.165, 1.54) is 17.6 Å². The molecule has 1 unspecified atom stereocenters. The van der Waals surface area contributed by atoms with Gasteiger partial charge < -0.3 is 0 Å². The van der Waals surface area contributed by atoms with Crippen LogP contribution in [0.5, 0.6) is 0 Å². The van der Waals surface area contributed by atoms with Crippen molar-refractivity contribution in [1.82, 2.24) is 4.90 Å². The van der Waals surface area contributed by atoms with Crippen molar-refractivity contribution in [3.63, 3.8) is 0 Å². The van der Waals surface area contributed by atoms with Crippen molar-refractivity contribution in [2.45, 2.75) is 46.1 Å². The first-order chi connectivity index (χ1) is 9.99. The molecule has 1 aromatic rings. The van der Waals surface area contributed by atoms with E-state index in [1.807, 2.05) is 0 Å². The lowest BCUT2D eigenvalue weighted by molar-refractivity contribution is 0.151. The summed E-state index contributed by atoms with van der Waals surface area (Å²) in [7, 11) is 0. The molecule has 21 heavy (non-hydrogen) atoms. The zero-order chi connectivity index (χ0) is 15.3. The molecule has 1 atom stereocenters. The van der Waals surface area contributed by atoms with Gasteiger partial charge in [-0.15, -0.1) is 0 Å². The summed E-state index contributed by atoms with van der Waals surface area (Å²) < 4.78 is 0. The fourth-order valence-corrected chi connectivity index (χ4v) is 2.90. The van der Waals surface area contributed by atoms with Crippen molar-refractivity contribution in [2.24, 2.45) is 5.41 Å². The largest absolute Gasteiger partial charge is 0.296 e. The van der Waals surface area contributed by atoms with Gasteiger partial charge in [0, 0.05) is 18.7 Å². The second kappa shape index (κ2) is 6.91. The number of hydrogen-bond donors (Lipinski definition) is 0. The molecule has 1 aliphatic rings. The SMILES string of the molecule is CC(C)(C)CCN1CC/C(=C\C#N)CC1c1ccccc1. The molecule has 0 aromatic heterocycles. The van der Waals surface area contributed by atoms with Gasteiger partial charge in [-0.2, -0.15) is 5.26 Å². The Hall–Kier alpha value is -1.59. The van der Waals surface area contributed by atoms with Gasteiger partial charge in [-0.3, -0.25) is 4.90 Å². The summed E-state index contributed by atoms with van der Waals surface area (Å²) in [6.45, 7) is 9.09. The smallest absolute Gasteiger partial charge is 0.0911 e. The van der Waals surface area contributed by atoms with E-state index < -0.39 is 0 Å². The third-order valence-corrected chi connectivity index (χ3v) is 4.22. The van der Waals surface area contributed by atoms with Crippen LogP contribution in [0.3, 0.4) is 0 Å². The lowest BCUT2D eigenvalue weighted by Gasteiger charge is -2.38. The molecule has 112 valence electrons. The average Bonchev–Trinajstić information content (AvgIpc) is 2.46. The van der Waals surface area contributed by atoms with Gasteiger partial charge in [-0.1, -0.05) is 56.7 Å². The fraction of sp³-hybridized carbons (Fsp3) is 0.526. The Morgan fingerprint density at radius 3 is 2.62 bits per heavy atom.